The number of fused-ring (bicyclic) bond motifs is 7. The smallest absolute Gasteiger partial charge is 0.411 e. The van der Waals surface area contributed by atoms with Crippen LogP contribution < -0.4 is 5.32 Å². The van der Waals surface area contributed by atoms with E-state index < -0.39 is 0 Å². The Balaban J connectivity index is 1.22. The van der Waals surface area contributed by atoms with E-state index in [2.05, 4.69) is 5.32 Å². The summed E-state index contributed by atoms with van der Waals surface area (Å²) in [4.78, 5) is 12.1. The molecule has 1 aliphatic heterocycles. The van der Waals surface area contributed by atoms with Gasteiger partial charge in [-0.1, -0.05) is 11.6 Å². The highest BCUT2D eigenvalue weighted by Gasteiger charge is 2.67. The number of nitrogens with one attached hydrogen (secondary N) is 1. The lowest BCUT2D eigenvalue weighted by molar-refractivity contribution is 0.0251. The van der Waals surface area contributed by atoms with Crippen molar-refractivity contribution in [2.75, 3.05) is 5.32 Å². The lowest BCUT2D eigenvalue weighted by Gasteiger charge is -2.32. The number of hydrogen-bond acceptors (Lipinski definition) is 3. The molecule has 0 aromatic heterocycles. The molecular weight excluding hydrogens is 302 g/mol. The van der Waals surface area contributed by atoms with Gasteiger partial charge in [-0.3, -0.25) is 5.32 Å². The van der Waals surface area contributed by atoms with E-state index in [1.165, 1.54) is 12.8 Å². The van der Waals surface area contributed by atoms with E-state index in [0.29, 0.717) is 34.8 Å². The van der Waals surface area contributed by atoms with E-state index in [1.54, 1.807) is 24.3 Å². The third kappa shape index (κ3) is 1.97. The molecule has 1 aromatic carbocycles. The minimum absolute atomic E-state index is 0.0797. The first kappa shape index (κ1) is 13.2. The van der Waals surface area contributed by atoms with E-state index in [4.69, 9.17) is 21.1 Å². The first-order chi connectivity index (χ1) is 10.7. The Labute approximate surface area is 134 Å². The fourth-order valence-corrected chi connectivity index (χ4v) is 5.35. The second-order valence-corrected chi connectivity index (χ2v) is 7.52. The van der Waals surface area contributed by atoms with Crippen molar-refractivity contribution < 1.29 is 14.3 Å². The van der Waals surface area contributed by atoms with Crippen molar-refractivity contribution in [1.82, 2.24) is 0 Å². The Morgan fingerprint density at radius 2 is 2.00 bits per heavy atom. The molecule has 4 nitrogen and oxygen atoms in total. The fraction of sp³-hybridized carbons (Fsp3) is 0.588. The number of anilines is 1. The number of ether oxygens (including phenoxy) is 2. The van der Waals surface area contributed by atoms with Crippen molar-refractivity contribution >= 4 is 23.4 Å². The highest BCUT2D eigenvalue weighted by molar-refractivity contribution is 6.30. The van der Waals surface area contributed by atoms with Gasteiger partial charge in [0.1, 0.15) is 6.10 Å². The maximum atomic E-state index is 12.1. The Kier molecular flexibility index (Phi) is 2.77. The summed E-state index contributed by atoms with van der Waals surface area (Å²) in [5.74, 6) is 2.70. The summed E-state index contributed by atoms with van der Waals surface area (Å²) in [6.07, 6.45) is 4.17. The van der Waals surface area contributed by atoms with Gasteiger partial charge in [0.2, 0.25) is 0 Å². The second-order valence-electron chi connectivity index (χ2n) is 7.09. The SMILES string of the molecule is O=C(Nc1ccc(Cl)cc1)O[C@@H]1C[C@@H]2C[C@@H]1[C@H]1C[C@H]3O[C@@H]3[C@H]21. The molecule has 1 saturated heterocycles. The number of amides is 1. The average Bonchev–Trinajstić information content (AvgIpc) is 2.84. The molecule has 1 aromatic rings. The van der Waals surface area contributed by atoms with E-state index in [1.807, 2.05) is 0 Å². The Hall–Kier alpha value is -1.26. The number of benzene rings is 1. The van der Waals surface area contributed by atoms with Crippen molar-refractivity contribution in [2.24, 2.45) is 23.7 Å². The first-order valence-corrected chi connectivity index (χ1v) is 8.45. The molecule has 4 aliphatic rings. The molecule has 7 atom stereocenters. The zero-order valence-electron chi connectivity index (χ0n) is 12.1. The van der Waals surface area contributed by atoms with Gasteiger partial charge in [-0.05, 0) is 67.2 Å². The van der Waals surface area contributed by atoms with Crippen LogP contribution in [0.1, 0.15) is 19.3 Å². The molecule has 2 bridgehead atoms. The minimum atomic E-state index is -0.351. The van der Waals surface area contributed by atoms with Gasteiger partial charge < -0.3 is 9.47 Å². The predicted molar refractivity (Wildman–Crippen MR) is 81.8 cm³/mol. The van der Waals surface area contributed by atoms with Crippen LogP contribution in [0.2, 0.25) is 5.02 Å². The van der Waals surface area contributed by atoms with Crippen LogP contribution in [0.15, 0.2) is 24.3 Å². The maximum Gasteiger partial charge on any atom is 0.411 e. The molecule has 5 rings (SSSR count). The summed E-state index contributed by atoms with van der Waals surface area (Å²) in [5, 5.41) is 3.44. The van der Waals surface area contributed by atoms with Gasteiger partial charge in [-0.2, -0.15) is 0 Å². The fourth-order valence-electron chi connectivity index (χ4n) is 5.22. The number of rotatable bonds is 2. The quantitative estimate of drug-likeness (QED) is 0.846. The Bertz CT molecular complexity index is 619. The van der Waals surface area contributed by atoms with Gasteiger partial charge in [0, 0.05) is 10.7 Å². The lowest BCUT2D eigenvalue weighted by Crippen LogP contribution is -2.35. The van der Waals surface area contributed by atoms with Crippen LogP contribution in [0, 0.1) is 23.7 Å². The van der Waals surface area contributed by atoms with Gasteiger partial charge in [-0.15, -0.1) is 0 Å². The molecular formula is C17H18ClNO3. The summed E-state index contributed by atoms with van der Waals surface area (Å²) >= 11 is 5.84. The number of carbonyl (C=O) groups excluding carboxylic acids is 1. The molecule has 22 heavy (non-hydrogen) atoms. The van der Waals surface area contributed by atoms with Crippen LogP contribution in [0.25, 0.3) is 0 Å². The molecule has 1 heterocycles. The molecule has 4 fully saturated rings. The Morgan fingerprint density at radius 3 is 2.82 bits per heavy atom. The standard InChI is InChI=1S/C17H18ClNO3/c18-9-1-3-10(4-2-9)19-17(20)22-13-6-8-5-11(13)12-7-14-16(21-14)15(8)12/h1-4,8,11-16H,5-7H2,(H,19,20)/t8-,11+,12+,13+,14+,15+,16-/m0/s1. The van der Waals surface area contributed by atoms with Gasteiger partial charge in [0.15, 0.2) is 0 Å². The molecule has 5 heteroatoms. The summed E-state index contributed by atoms with van der Waals surface area (Å²) in [7, 11) is 0. The van der Waals surface area contributed by atoms with Gasteiger partial charge in [0.25, 0.3) is 0 Å². The number of carbonyl (C=O) groups is 1. The second kappa shape index (κ2) is 4.62. The third-order valence-corrected chi connectivity index (χ3v) is 6.28. The van der Waals surface area contributed by atoms with Crippen LogP contribution in [-0.2, 0) is 9.47 Å². The van der Waals surface area contributed by atoms with Crippen molar-refractivity contribution in [1.29, 1.82) is 0 Å². The molecule has 1 amide bonds. The molecule has 1 N–H and O–H groups in total. The van der Waals surface area contributed by atoms with E-state index in [-0.39, 0.29) is 12.2 Å². The van der Waals surface area contributed by atoms with Crippen LogP contribution in [0.5, 0.6) is 0 Å². The first-order valence-electron chi connectivity index (χ1n) is 8.08. The van der Waals surface area contributed by atoms with Crippen molar-refractivity contribution in [3.8, 4) is 0 Å². The number of hydrogen-bond donors (Lipinski definition) is 1. The van der Waals surface area contributed by atoms with Crippen molar-refractivity contribution in [3.63, 3.8) is 0 Å². The summed E-state index contributed by atoms with van der Waals surface area (Å²) < 4.78 is 11.4. The topological polar surface area (TPSA) is 50.9 Å². The summed E-state index contributed by atoms with van der Waals surface area (Å²) in [5.41, 5.74) is 0.714. The highest BCUT2D eigenvalue weighted by Crippen LogP contribution is 2.64. The van der Waals surface area contributed by atoms with Crippen LogP contribution in [-0.4, -0.2) is 24.4 Å². The number of epoxide rings is 1. The van der Waals surface area contributed by atoms with Gasteiger partial charge in [0.05, 0.1) is 12.2 Å². The van der Waals surface area contributed by atoms with E-state index in [0.717, 1.165) is 18.3 Å². The predicted octanol–water partition coefficient (Wildman–Crippen LogP) is 3.70. The molecule has 3 aliphatic carbocycles. The monoisotopic (exact) mass is 319 g/mol. The summed E-state index contributed by atoms with van der Waals surface area (Å²) in [6.45, 7) is 0. The van der Waals surface area contributed by atoms with E-state index in [9.17, 15) is 4.79 Å². The van der Waals surface area contributed by atoms with Crippen molar-refractivity contribution in [2.45, 2.75) is 37.6 Å². The average molecular weight is 320 g/mol. The molecule has 3 saturated carbocycles. The molecule has 0 unspecified atom stereocenters. The largest absolute Gasteiger partial charge is 0.446 e. The number of halogens is 1. The molecule has 0 spiro atoms. The molecule has 0 radical (unpaired) electrons. The zero-order chi connectivity index (χ0) is 14.8. The van der Waals surface area contributed by atoms with Crippen LogP contribution >= 0.6 is 11.6 Å². The normalized spacial score (nSPS) is 43.6. The minimum Gasteiger partial charge on any atom is -0.446 e. The Morgan fingerprint density at radius 1 is 1.18 bits per heavy atom. The lowest BCUT2D eigenvalue weighted by atomic mass is 9.79. The van der Waals surface area contributed by atoms with Crippen molar-refractivity contribution in [3.05, 3.63) is 29.3 Å². The highest BCUT2D eigenvalue weighted by atomic mass is 35.5. The van der Waals surface area contributed by atoms with Crippen LogP contribution in [0.3, 0.4) is 0 Å². The maximum absolute atomic E-state index is 12.1. The summed E-state index contributed by atoms with van der Waals surface area (Å²) in [6, 6.07) is 7.07. The molecule has 116 valence electrons. The zero-order valence-corrected chi connectivity index (χ0v) is 12.8. The van der Waals surface area contributed by atoms with Gasteiger partial charge >= 0.3 is 6.09 Å². The van der Waals surface area contributed by atoms with E-state index >= 15 is 0 Å². The van der Waals surface area contributed by atoms with Crippen LogP contribution in [0.4, 0.5) is 10.5 Å². The third-order valence-electron chi connectivity index (χ3n) is 6.03. The van der Waals surface area contributed by atoms with Gasteiger partial charge in [-0.25, -0.2) is 4.79 Å².